The van der Waals surface area contributed by atoms with E-state index in [1.165, 1.54) is 0 Å². The van der Waals surface area contributed by atoms with E-state index in [1.54, 1.807) is 12.1 Å². The molecule has 0 spiro atoms. The van der Waals surface area contributed by atoms with Gasteiger partial charge in [0, 0.05) is 37.0 Å². The van der Waals surface area contributed by atoms with Crippen molar-refractivity contribution in [1.29, 1.82) is 0 Å². The third-order valence-electron chi connectivity index (χ3n) is 5.44. The molecule has 30 heavy (non-hydrogen) atoms. The van der Waals surface area contributed by atoms with Crippen LogP contribution in [0.15, 0.2) is 42.5 Å². The molecule has 0 bridgehead atoms. The minimum absolute atomic E-state index is 0.244. The SMILES string of the molecule is O=C(Nc1cc2c(cc1Cl)OCCCO2)c1cc2ccccc2nc1N1CCCC1. The number of amides is 1. The van der Waals surface area contributed by atoms with Crippen molar-refractivity contribution >= 4 is 39.9 Å². The Morgan fingerprint density at radius 2 is 1.73 bits per heavy atom. The van der Waals surface area contributed by atoms with Crippen molar-refractivity contribution in [1.82, 2.24) is 4.98 Å². The summed E-state index contributed by atoms with van der Waals surface area (Å²) in [5.41, 5.74) is 1.91. The van der Waals surface area contributed by atoms with Crippen LogP contribution in [0, 0.1) is 0 Å². The Hall–Kier alpha value is -2.99. The molecule has 1 fully saturated rings. The van der Waals surface area contributed by atoms with Gasteiger partial charge in [0.25, 0.3) is 5.91 Å². The van der Waals surface area contributed by atoms with Crippen LogP contribution in [0.5, 0.6) is 11.5 Å². The maximum absolute atomic E-state index is 13.3. The minimum atomic E-state index is -0.244. The molecule has 0 atom stereocenters. The van der Waals surface area contributed by atoms with Crippen LogP contribution in [0.25, 0.3) is 10.9 Å². The van der Waals surface area contributed by atoms with E-state index in [9.17, 15) is 4.79 Å². The molecule has 3 aromatic rings. The first-order chi connectivity index (χ1) is 14.7. The van der Waals surface area contributed by atoms with E-state index in [0.29, 0.717) is 46.8 Å². The third kappa shape index (κ3) is 3.63. The topological polar surface area (TPSA) is 63.7 Å². The summed E-state index contributed by atoms with van der Waals surface area (Å²) in [4.78, 5) is 20.3. The molecule has 3 heterocycles. The number of ether oxygens (including phenoxy) is 2. The van der Waals surface area contributed by atoms with Crippen molar-refractivity contribution < 1.29 is 14.3 Å². The Morgan fingerprint density at radius 1 is 1.00 bits per heavy atom. The number of pyridine rings is 1. The van der Waals surface area contributed by atoms with Crippen molar-refractivity contribution in [3.8, 4) is 11.5 Å². The van der Waals surface area contributed by atoms with Crippen molar-refractivity contribution in [2.45, 2.75) is 19.3 Å². The lowest BCUT2D eigenvalue weighted by Crippen LogP contribution is -2.24. The predicted octanol–water partition coefficient (Wildman–Crippen LogP) is 4.90. The van der Waals surface area contributed by atoms with Crippen LogP contribution in [0.2, 0.25) is 5.02 Å². The smallest absolute Gasteiger partial charge is 0.259 e. The van der Waals surface area contributed by atoms with E-state index in [-0.39, 0.29) is 5.91 Å². The Morgan fingerprint density at radius 3 is 2.53 bits per heavy atom. The molecule has 0 unspecified atom stereocenters. The van der Waals surface area contributed by atoms with Crippen molar-refractivity contribution in [2.24, 2.45) is 0 Å². The van der Waals surface area contributed by atoms with E-state index < -0.39 is 0 Å². The van der Waals surface area contributed by atoms with Gasteiger partial charge in [-0.3, -0.25) is 4.79 Å². The van der Waals surface area contributed by atoms with Crippen LogP contribution >= 0.6 is 11.6 Å². The quantitative estimate of drug-likeness (QED) is 0.649. The van der Waals surface area contributed by atoms with Crippen molar-refractivity contribution in [3.63, 3.8) is 0 Å². The number of benzene rings is 2. The summed E-state index contributed by atoms with van der Waals surface area (Å²) in [6.07, 6.45) is 3.00. The molecule has 1 amide bonds. The van der Waals surface area contributed by atoms with Crippen LogP contribution in [0.1, 0.15) is 29.6 Å². The molecular formula is C23H22ClN3O3. The molecule has 7 heteroatoms. The molecule has 5 rings (SSSR count). The van der Waals surface area contributed by atoms with Gasteiger partial charge in [0.1, 0.15) is 5.82 Å². The van der Waals surface area contributed by atoms with E-state index in [4.69, 9.17) is 26.1 Å². The zero-order chi connectivity index (χ0) is 20.5. The highest BCUT2D eigenvalue weighted by molar-refractivity contribution is 6.34. The summed E-state index contributed by atoms with van der Waals surface area (Å²) < 4.78 is 11.4. The fourth-order valence-electron chi connectivity index (χ4n) is 3.91. The molecule has 2 aliphatic heterocycles. The number of aromatic nitrogens is 1. The van der Waals surface area contributed by atoms with Gasteiger partial charge in [0.05, 0.1) is 35.0 Å². The number of carbonyl (C=O) groups is 1. The number of halogens is 1. The predicted molar refractivity (Wildman–Crippen MR) is 118 cm³/mol. The highest BCUT2D eigenvalue weighted by Crippen LogP contribution is 2.38. The molecule has 1 aromatic heterocycles. The van der Waals surface area contributed by atoms with Crippen LogP contribution in [0.4, 0.5) is 11.5 Å². The van der Waals surface area contributed by atoms with Gasteiger partial charge in [-0.15, -0.1) is 0 Å². The van der Waals surface area contributed by atoms with Gasteiger partial charge in [-0.2, -0.15) is 0 Å². The summed E-state index contributed by atoms with van der Waals surface area (Å²) in [6.45, 7) is 2.94. The van der Waals surface area contributed by atoms with E-state index in [2.05, 4.69) is 10.2 Å². The van der Waals surface area contributed by atoms with Gasteiger partial charge in [-0.05, 0) is 25.0 Å². The molecule has 2 aromatic carbocycles. The second-order valence-electron chi connectivity index (χ2n) is 7.53. The molecule has 1 N–H and O–H groups in total. The number of rotatable bonds is 3. The minimum Gasteiger partial charge on any atom is -0.490 e. The first-order valence-corrected chi connectivity index (χ1v) is 10.6. The normalized spacial score (nSPS) is 15.8. The number of nitrogens with one attached hydrogen (secondary N) is 1. The van der Waals surface area contributed by atoms with Crippen LogP contribution in [-0.4, -0.2) is 37.2 Å². The fraction of sp³-hybridized carbons (Fsp3) is 0.304. The second-order valence-corrected chi connectivity index (χ2v) is 7.94. The fourth-order valence-corrected chi connectivity index (χ4v) is 4.11. The van der Waals surface area contributed by atoms with E-state index >= 15 is 0 Å². The number of nitrogens with zero attached hydrogens (tertiary/aromatic N) is 2. The van der Waals surface area contributed by atoms with E-state index in [1.807, 2.05) is 30.3 Å². The zero-order valence-electron chi connectivity index (χ0n) is 16.5. The number of para-hydroxylation sites is 1. The first-order valence-electron chi connectivity index (χ1n) is 10.2. The number of carbonyl (C=O) groups excluding carboxylic acids is 1. The lowest BCUT2D eigenvalue weighted by Gasteiger charge is -2.21. The largest absolute Gasteiger partial charge is 0.490 e. The summed E-state index contributed by atoms with van der Waals surface area (Å²) in [6, 6.07) is 13.2. The molecule has 1 saturated heterocycles. The Labute approximate surface area is 179 Å². The molecule has 2 aliphatic rings. The summed E-state index contributed by atoms with van der Waals surface area (Å²) in [5, 5.41) is 4.29. The highest BCUT2D eigenvalue weighted by atomic mass is 35.5. The number of fused-ring (bicyclic) bond motifs is 2. The van der Waals surface area contributed by atoms with Crippen molar-refractivity contribution in [3.05, 3.63) is 53.1 Å². The van der Waals surface area contributed by atoms with Crippen molar-refractivity contribution in [2.75, 3.05) is 36.5 Å². The second kappa shape index (κ2) is 8.03. The third-order valence-corrected chi connectivity index (χ3v) is 5.75. The Bertz CT molecular complexity index is 1110. The van der Waals surface area contributed by atoms with Crippen LogP contribution < -0.4 is 19.7 Å². The zero-order valence-corrected chi connectivity index (χ0v) is 17.2. The molecule has 0 aliphatic carbocycles. The summed E-state index contributed by atoms with van der Waals surface area (Å²) in [5.74, 6) is 1.66. The first kappa shape index (κ1) is 19.0. The van der Waals surface area contributed by atoms with Gasteiger partial charge in [-0.1, -0.05) is 29.8 Å². The average Bonchev–Trinajstić information content (AvgIpc) is 3.20. The standard InChI is InChI=1S/C23H22ClN3O3/c24-17-13-20-21(30-11-5-10-29-20)14-19(17)26-23(28)16-12-15-6-1-2-7-18(15)25-22(16)27-8-3-4-9-27/h1-2,6-7,12-14H,3-5,8-11H2,(H,26,28). The van der Waals surface area contributed by atoms with Gasteiger partial charge >= 0.3 is 0 Å². The molecule has 154 valence electrons. The lowest BCUT2D eigenvalue weighted by atomic mass is 10.1. The highest BCUT2D eigenvalue weighted by Gasteiger charge is 2.23. The molecule has 6 nitrogen and oxygen atoms in total. The molecular weight excluding hydrogens is 402 g/mol. The number of hydrogen-bond donors (Lipinski definition) is 1. The maximum atomic E-state index is 13.3. The average molecular weight is 424 g/mol. The monoisotopic (exact) mass is 423 g/mol. The van der Waals surface area contributed by atoms with Gasteiger partial charge < -0.3 is 19.7 Å². The van der Waals surface area contributed by atoms with Gasteiger partial charge in [0.2, 0.25) is 0 Å². The lowest BCUT2D eigenvalue weighted by molar-refractivity contribution is 0.102. The summed E-state index contributed by atoms with van der Waals surface area (Å²) in [7, 11) is 0. The Balaban J connectivity index is 1.51. The molecule has 0 saturated carbocycles. The van der Waals surface area contributed by atoms with Gasteiger partial charge in [-0.25, -0.2) is 4.98 Å². The number of anilines is 2. The van der Waals surface area contributed by atoms with Gasteiger partial charge in [0.15, 0.2) is 11.5 Å². The summed E-state index contributed by atoms with van der Waals surface area (Å²) >= 11 is 6.43. The maximum Gasteiger partial charge on any atom is 0.259 e. The number of hydrogen-bond acceptors (Lipinski definition) is 5. The molecule has 0 radical (unpaired) electrons. The van der Waals surface area contributed by atoms with Crippen LogP contribution in [0.3, 0.4) is 0 Å². The Kier molecular flexibility index (Phi) is 5.09. The van der Waals surface area contributed by atoms with Crippen LogP contribution in [-0.2, 0) is 0 Å². The van der Waals surface area contributed by atoms with E-state index in [0.717, 1.165) is 43.3 Å².